The summed E-state index contributed by atoms with van der Waals surface area (Å²) in [7, 11) is 1.79. The van der Waals surface area contributed by atoms with Gasteiger partial charge in [0.2, 0.25) is 5.43 Å². The average Bonchev–Trinajstić information content (AvgIpc) is 2.80. The molecule has 0 aliphatic rings. The minimum atomic E-state index is -0.346. The van der Waals surface area contributed by atoms with Gasteiger partial charge in [-0.3, -0.25) is 14.3 Å². The van der Waals surface area contributed by atoms with Gasteiger partial charge < -0.3 is 9.30 Å². The topological polar surface area (TPSA) is 66.1 Å². The van der Waals surface area contributed by atoms with Crippen molar-refractivity contribution in [1.82, 2.24) is 14.3 Å². The number of carbonyl (C=O) groups is 1. The van der Waals surface area contributed by atoms with Crippen molar-refractivity contribution in [2.75, 3.05) is 6.61 Å². The number of nitrogens with zero attached hydrogens (tertiary/aromatic N) is 3. The molecule has 3 rings (SSSR count). The Morgan fingerprint density at radius 2 is 2.05 bits per heavy atom. The maximum atomic E-state index is 12.7. The molecule has 0 saturated carbocycles. The lowest BCUT2D eigenvalue weighted by Crippen LogP contribution is -2.18. The molecule has 0 N–H and O–H groups in total. The van der Waals surface area contributed by atoms with E-state index in [1.165, 1.54) is 0 Å². The van der Waals surface area contributed by atoms with Crippen molar-refractivity contribution in [2.24, 2.45) is 7.05 Å². The maximum Gasteiger partial charge on any atom is 0.326 e. The number of fused-ring (bicyclic) bond motifs is 2. The number of benzene rings is 1. The second-order valence-corrected chi connectivity index (χ2v) is 5.15. The van der Waals surface area contributed by atoms with E-state index in [9.17, 15) is 9.59 Å². The van der Waals surface area contributed by atoms with Crippen LogP contribution in [0.5, 0.6) is 0 Å². The van der Waals surface area contributed by atoms with Gasteiger partial charge in [-0.05, 0) is 26.0 Å². The molecule has 2 aromatic heterocycles. The SMILES string of the molecule is CCOC(=O)Cn1c2ccccc2c(=O)c2c(C)n(C)nc21. The summed E-state index contributed by atoms with van der Waals surface area (Å²) in [6.45, 7) is 3.96. The smallest absolute Gasteiger partial charge is 0.326 e. The molecule has 2 heterocycles. The lowest BCUT2D eigenvalue weighted by molar-refractivity contribution is -0.143. The molecule has 0 aliphatic heterocycles. The number of ether oxygens (including phenoxy) is 1. The third-order valence-electron chi connectivity index (χ3n) is 3.83. The molecule has 0 atom stereocenters. The van der Waals surface area contributed by atoms with E-state index in [1.807, 2.05) is 25.1 Å². The highest BCUT2D eigenvalue weighted by molar-refractivity contribution is 5.94. The number of hydrogen-bond acceptors (Lipinski definition) is 4. The molecule has 0 amide bonds. The first kappa shape index (κ1) is 14.3. The zero-order chi connectivity index (χ0) is 15.9. The van der Waals surface area contributed by atoms with Crippen LogP contribution in [0.4, 0.5) is 0 Å². The van der Waals surface area contributed by atoms with Crippen molar-refractivity contribution in [1.29, 1.82) is 0 Å². The second kappa shape index (κ2) is 5.29. The Hall–Kier alpha value is -2.63. The van der Waals surface area contributed by atoms with E-state index in [-0.39, 0.29) is 17.9 Å². The summed E-state index contributed by atoms with van der Waals surface area (Å²) in [4.78, 5) is 24.6. The third kappa shape index (κ3) is 2.07. The van der Waals surface area contributed by atoms with Crippen LogP contribution in [-0.2, 0) is 23.1 Å². The van der Waals surface area contributed by atoms with Crippen molar-refractivity contribution in [3.05, 3.63) is 40.2 Å². The summed E-state index contributed by atoms with van der Waals surface area (Å²) >= 11 is 0. The van der Waals surface area contributed by atoms with Gasteiger partial charge in [-0.15, -0.1) is 0 Å². The van der Waals surface area contributed by atoms with Crippen LogP contribution in [0.3, 0.4) is 0 Å². The minimum Gasteiger partial charge on any atom is -0.465 e. The molecule has 1 aromatic carbocycles. The summed E-state index contributed by atoms with van der Waals surface area (Å²) in [5, 5.41) is 5.53. The summed E-state index contributed by atoms with van der Waals surface area (Å²) in [6.07, 6.45) is 0. The van der Waals surface area contributed by atoms with Crippen molar-refractivity contribution in [2.45, 2.75) is 20.4 Å². The summed E-state index contributed by atoms with van der Waals surface area (Å²) < 4.78 is 8.44. The Labute approximate surface area is 126 Å². The Kier molecular flexibility index (Phi) is 3.44. The van der Waals surface area contributed by atoms with Gasteiger partial charge in [0.1, 0.15) is 6.54 Å². The Balaban J connectivity index is 2.40. The van der Waals surface area contributed by atoms with Gasteiger partial charge >= 0.3 is 5.97 Å². The predicted molar refractivity (Wildman–Crippen MR) is 83.9 cm³/mol. The number of pyridine rings is 1. The number of hydrogen-bond donors (Lipinski definition) is 0. The minimum absolute atomic E-state index is 0.0294. The normalized spacial score (nSPS) is 11.2. The fraction of sp³-hybridized carbons (Fsp3) is 0.312. The molecule has 0 bridgehead atoms. The monoisotopic (exact) mass is 299 g/mol. The number of carbonyl (C=O) groups excluding carboxylic acids is 1. The largest absolute Gasteiger partial charge is 0.465 e. The zero-order valence-electron chi connectivity index (χ0n) is 12.8. The first-order chi connectivity index (χ1) is 10.5. The standard InChI is InChI=1S/C16H17N3O3/c1-4-22-13(20)9-19-12-8-6-5-7-11(12)15(21)14-10(2)18(3)17-16(14)19/h5-8H,4,9H2,1-3H3. The highest BCUT2D eigenvalue weighted by Gasteiger charge is 2.18. The van der Waals surface area contributed by atoms with E-state index in [1.54, 1.807) is 29.3 Å². The van der Waals surface area contributed by atoms with Gasteiger partial charge in [-0.1, -0.05) is 12.1 Å². The number of aryl methyl sites for hydroxylation is 2. The number of esters is 1. The Morgan fingerprint density at radius 1 is 1.32 bits per heavy atom. The second-order valence-electron chi connectivity index (χ2n) is 5.15. The van der Waals surface area contributed by atoms with Crippen molar-refractivity contribution < 1.29 is 9.53 Å². The highest BCUT2D eigenvalue weighted by atomic mass is 16.5. The van der Waals surface area contributed by atoms with Crippen LogP contribution in [0.2, 0.25) is 0 Å². The summed E-state index contributed by atoms with van der Waals surface area (Å²) in [6, 6.07) is 7.24. The van der Waals surface area contributed by atoms with E-state index < -0.39 is 0 Å². The van der Waals surface area contributed by atoms with E-state index in [0.717, 1.165) is 5.69 Å². The average molecular weight is 299 g/mol. The van der Waals surface area contributed by atoms with Gasteiger partial charge in [-0.2, -0.15) is 5.10 Å². The number of aromatic nitrogens is 3. The van der Waals surface area contributed by atoms with Crippen LogP contribution in [-0.4, -0.2) is 26.9 Å². The molecular weight excluding hydrogens is 282 g/mol. The van der Waals surface area contributed by atoms with Crippen LogP contribution < -0.4 is 5.43 Å². The fourth-order valence-corrected chi connectivity index (χ4v) is 2.69. The zero-order valence-corrected chi connectivity index (χ0v) is 12.8. The maximum absolute atomic E-state index is 12.7. The highest BCUT2D eigenvalue weighted by Crippen LogP contribution is 2.20. The van der Waals surface area contributed by atoms with Gasteiger partial charge in [0.15, 0.2) is 5.65 Å². The van der Waals surface area contributed by atoms with Gasteiger partial charge in [0, 0.05) is 18.1 Å². The molecule has 0 fully saturated rings. The van der Waals surface area contributed by atoms with Gasteiger partial charge in [0.05, 0.1) is 17.5 Å². The van der Waals surface area contributed by atoms with Crippen LogP contribution in [0, 0.1) is 6.92 Å². The molecule has 0 unspecified atom stereocenters. The molecule has 3 aromatic rings. The quantitative estimate of drug-likeness (QED) is 0.691. The number of para-hydroxylation sites is 1. The molecule has 0 radical (unpaired) electrons. The van der Waals surface area contributed by atoms with Crippen LogP contribution in [0.25, 0.3) is 21.9 Å². The van der Waals surface area contributed by atoms with E-state index >= 15 is 0 Å². The van der Waals surface area contributed by atoms with E-state index in [2.05, 4.69) is 5.10 Å². The van der Waals surface area contributed by atoms with Gasteiger partial charge in [-0.25, -0.2) is 0 Å². The van der Waals surface area contributed by atoms with Gasteiger partial charge in [0.25, 0.3) is 0 Å². The summed E-state index contributed by atoms with van der Waals surface area (Å²) in [5.74, 6) is -0.346. The van der Waals surface area contributed by atoms with Crippen LogP contribution in [0.1, 0.15) is 12.6 Å². The first-order valence-corrected chi connectivity index (χ1v) is 7.15. The molecule has 114 valence electrons. The molecule has 0 spiro atoms. The Bertz CT molecular complexity index is 937. The molecule has 0 saturated heterocycles. The first-order valence-electron chi connectivity index (χ1n) is 7.15. The van der Waals surface area contributed by atoms with E-state index in [4.69, 9.17) is 4.74 Å². The van der Waals surface area contributed by atoms with Crippen molar-refractivity contribution >= 4 is 27.9 Å². The molecule has 6 nitrogen and oxygen atoms in total. The Morgan fingerprint density at radius 3 is 2.77 bits per heavy atom. The van der Waals surface area contributed by atoms with Crippen molar-refractivity contribution in [3.8, 4) is 0 Å². The van der Waals surface area contributed by atoms with Crippen LogP contribution >= 0.6 is 0 Å². The summed E-state index contributed by atoms with van der Waals surface area (Å²) in [5.41, 5.74) is 1.92. The predicted octanol–water partition coefficient (Wildman–Crippen LogP) is 1.76. The lowest BCUT2D eigenvalue weighted by atomic mass is 10.1. The lowest BCUT2D eigenvalue weighted by Gasteiger charge is -2.11. The molecule has 22 heavy (non-hydrogen) atoms. The molecular formula is C16H17N3O3. The number of rotatable bonds is 3. The third-order valence-corrected chi connectivity index (χ3v) is 3.83. The van der Waals surface area contributed by atoms with Crippen LogP contribution in [0.15, 0.2) is 29.1 Å². The molecule has 0 aliphatic carbocycles. The molecule has 6 heteroatoms. The van der Waals surface area contributed by atoms with E-state index in [0.29, 0.717) is 28.5 Å². The van der Waals surface area contributed by atoms with Crippen molar-refractivity contribution in [3.63, 3.8) is 0 Å². The fourth-order valence-electron chi connectivity index (χ4n) is 2.69.